The first-order valence-corrected chi connectivity index (χ1v) is 7.15. The molecule has 1 aromatic rings. The lowest BCUT2D eigenvalue weighted by Crippen LogP contribution is -2.35. The van der Waals surface area contributed by atoms with Crippen LogP contribution < -0.4 is 5.32 Å². The molecule has 1 nitrogen and oxygen atoms in total. The van der Waals surface area contributed by atoms with Crippen molar-refractivity contribution < 1.29 is 0 Å². The first-order valence-electron chi connectivity index (χ1n) is 6.16. The standard InChI is InChI=1S/C14H23NS/c1-4-12(5-2)14(15-3)11-16-13-9-7-6-8-10-13/h6-10,12,14-15H,4-5,11H2,1-3H3. The molecule has 0 aliphatic heterocycles. The van der Waals surface area contributed by atoms with Gasteiger partial charge in [-0.3, -0.25) is 0 Å². The molecule has 2 heteroatoms. The van der Waals surface area contributed by atoms with Gasteiger partial charge in [-0.2, -0.15) is 0 Å². The summed E-state index contributed by atoms with van der Waals surface area (Å²) in [5.41, 5.74) is 0. The second-order valence-electron chi connectivity index (χ2n) is 4.10. The Kier molecular flexibility index (Phi) is 6.58. The van der Waals surface area contributed by atoms with Crippen LogP contribution in [0.15, 0.2) is 35.2 Å². The molecule has 0 aromatic heterocycles. The van der Waals surface area contributed by atoms with E-state index in [9.17, 15) is 0 Å². The number of thioether (sulfide) groups is 1. The highest BCUT2D eigenvalue weighted by molar-refractivity contribution is 7.99. The van der Waals surface area contributed by atoms with E-state index in [-0.39, 0.29) is 0 Å². The Morgan fingerprint density at radius 3 is 2.25 bits per heavy atom. The molecule has 1 atom stereocenters. The quantitative estimate of drug-likeness (QED) is 0.724. The molecule has 0 fully saturated rings. The summed E-state index contributed by atoms with van der Waals surface area (Å²) in [4.78, 5) is 1.37. The molecule has 1 unspecified atom stereocenters. The summed E-state index contributed by atoms with van der Waals surface area (Å²) < 4.78 is 0. The third-order valence-corrected chi connectivity index (χ3v) is 4.29. The Morgan fingerprint density at radius 2 is 1.75 bits per heavy atom. The van der Waals surface area contributed by atoms with Crippen LogP contribution in [-0.2, 0) is 0 Å². The molecule has 1 N–H and O–H groups in total. The highest BCUT2D eigenvalue weighted by atomic mass is 32.2. The molecule has 16 heavy (non-hydrogen) atoms. The Labute approximate surface area is 104 Å². The maximum Gasteiger partial charge on any atom is 0.0186 e. The molecular formula is C14H23NS. The Hall–Kier alpha value is -0.470. The van der Waals surface area contributed by atoms with Gasteiger partial charge in [-0.05, 0) is 25.1 Å². The van der Waals surface area contributed by atoms with Crippen LogP contribution in [0, 0.1) is 5.92 Å². The summed E-state index contributed by atoms with van der Waals surface area (Å²) in [6.07, 6.45) is 2.52. The number of benzene rings is 1. The molecule has 0 amide bonds. The van der Waals surface area contributed by atoms with Crippen molar-refractivity contribution in [2.24, 2.45) is 5.92 Å². The normalized spacial score (nSPS) is 13.0. The van der Waals surface area contributed by atoms with Gasteiger partial charge in [-0.25, -0.2) is 0 Å². The lowest BCUT2D eigenvalue weighted by Gasteiger charge is -2.24. The largest absolute Gasteiger partial charge is 0.316 e. The van der Waals surface area contributed by atoms with Gasteiger partial charge in [0.25, 0.3) is 0 Å². The molecule has 1 rings (SSSR count). The van der Waals surface area contributed by atoms with Crippen LogP contribution in [0.5, 0.6) is 0 Å². The summed E-state index contributed by atoms with van der Waals surface area (Å²) in [6.45, 7) is 4.57. The molecule has 0 saturated carbocycles. The van der Waals surface area contributed by atoms with Crippen molar-refractivity contribution in [2.45, 2.75) is 37.6 Å². The number of hydrogen-bond donors (Lipinski definition) is 1. The van der Waals surface area contributed by atoms with Gasteiger partial charge in [0.2, 0.25) is 0 Å². The van der Waals surface area contributed by atoms with Crippen LogP contribution in [-0.4, -0.2) is 18.8 Å². The monoisotopic (exact) mass is 237 g/mol. The predicted octanol–water partition coefficient (Wildman–Crippen LogP) is 3.80. The average molecular weight is 237 g/mol. The predicted molar refractivity (Wildman–Crippen MR) is 74.1 cm³/mol. The maximum atomic E-state index is 3.45. The van der Waals surface area contributed by atoms with Gasteiger partial charge in [0, 0.05) is 16.7 Å². The summed E-state index contributed by atoms with van der Waals surface area (Å²) in [7, 11) is 2.08. The highest BCUT2D eigenvalue weighted by Crippen LogP contribution is 2.22. The Balaban J connectivity index is 2.45. The van der Waals surface area contributed by atoms with E-state index in [1.165, 1.54) is 17.7 Å². The fourth-order valence-corrected chi connectivity index (χ4v) is 3.18. The smallest absolute Gasteiger partial charge is 0.0186 e. The van der Waals surface area contributed by atoms with Crippen LogP contribution >= 0.6 is 11.8 Å². The van der Waals surface area contributed by atoms with Crippen molar-refractivity contribution in [3.8, 4) is 0 Å². The molecule has 0 spiro atoms. The van der Waals surface area contributed by atoms with Crippen molar-refractivity contribution in [3.05, 3.63) is 30.3 Å². The van der Waals surface area contributed by atoms with Gasteiger partial charge in [0.05, 0.1) is 0 Å². The third-order valence-electron chi connectivity index (χ3n) is 3.16. The second-order valence-corrected chi connectivity index (χ2v) is 5.19. The first kappa shape index (κ1) is 13.6. The van der Waals surface area contributed by atoms with E-state index in [4.69, 9.17) is 0 Å². The van der Waals surface area contributed by atoms with Crippen molar-refractivity contribution >= 4 is 11.8 Å². The molecule has 0 aliphatic rings. The van der Waals surface area contributed by atoms with Crippen LogP contribution in [0.1, 0.15) is 26.7 Å². The van der Waals surface area contributed by atoms with Gasteiger partial charge in [0.1, 0.15) is 0 Å². The molecular weight excluding hydrogens is 214 g/mol. The van der Waals surface area contributed by atoms with Gasteiger partial charge >= 0.3 is 0 Å². The molecule has 0 heterocycles. The summed E-state index contributed by atoms with van der Waals surface area (Å²) in [5.74, 6) is 1.95. The lowest BCUT2D eigenvalue weighted by atomic mass is 9.96. The summed E-state index contributed by atoms with van der Waals surface area (Å²) in [6, 6.07) is 11.3. The van der Waals surface area contributed by atoms with Crippen LogP contribution in [0.4, 0.5) is 0 Å². The van der Waals surface area contributed by atoms with Crippen LogP contribution in [0.25, 0.3) is 0 Å². The number of rotatable bonds is 7. The van der Waals surface area contributed by atoms with E-state index in [0.717, 1.165) is 11.7 Å². The van der Waals surface area contributed by atoms with Gasteiger partial charge < -0.3 is 5.32 Å². The van der Waals surface area contributed by atoms with E-state index in [0.29, 0.717) is 6.04 Å². The first-order chi connectivity index (χ1) is 7.81. The zero-order valence-corrected chi connectivity index (χ0v) is 11.4. The fraction of sp³-hybridized carbons (Fsp3) is 0.571. The molecule has 90 valence electrons. The molecule has 0 saturated heterocycles. The van der Waals surface area contributed by atoms with Gasteiger partial charge in [-0.1, -0.05) is 44.9 Å². The van der Waals surface area contributed by atoms with E-state index >= 15 is 0 Å². The fourth-order valence-electron chi connectivity index (χ4n) is 2.02. The SMILES string of the molecule is CCC(CC)C(CSc1ccccc1)NC. The zero-order chi connectivity index (χ0) is 11.8. The summed E-state index contributed by atoms with van der Waals surface area (Å²) >= 11 is 1.95. The van der Waals surface area contributed by atoms with Crippen LogP contribution in [0.3, 0.4) is 0 Å². The molecule has 1 aromatic carbocycles. The van der Waals surface area contributed by atoms with E-state index in [1.807, 2.05) is 11.8 Å². The highest BCUT2D eigenvalue weighted by Gasteiger charge is 2.16. The topological polar surface area (TPSA) is 12.0 Å². The third kappa shape index (κ3) is 4.18. The number of hydrogen-bond acceptors (Lipinski definition) is 2. The van der Waals surface area contributed by atoms with Crippen molar-refractivity contribution in [1.82, 2.24) is 5.32 Å². The second kappa shape index (κ2) is 7.75. The van der Waals surface area contributed by atoms with Crippen molar-refractivity contribution in [1.29, 1.82) is 0 Å². The van der Waals surface area contributed by atoms with Crippen LogP contribution in [0.2, 0.25) is 0 Å². The molecule has 0 radical (unpaired) electrons. The van der Waals surface area contributed by atoms with Gasteiger partial charge in [-0.15, -0.1) is 11.8 Å². The Bertz CT molecular complexity index is 269. The zero-order valence-electron chi connectivity index (χ0n) is 10.6. The minimum Gasteiger partial charge on any atom is -0.316 e. The molecule has 0 bridgehead atoms. The summed E-state index contributed by atoms with van der Waals surface area (Å²) in [5, 5.41) is 3.45. The van der Waals surface area contributed by atoms with Crippen molar-refractivity contribution in [3.63, 3.8) is 0 Å². The Morgan fingerprint density at radius 1 is 1.12 bits per heavy atom. The maximum absolute atomic E-state index is 3.45. The minimum atomic E-state index is 0.625. The van der Waals surface area contributed by atoms with E-state index in [2.05, 4.69) is 56.5 Å². The average Bonchev–Trinajstić information content (AvgIpc) is 2.35. The minimum absolute atomic E-state index is 0.625. The lowest BCUT2D eigenvalue weighted by molar-refractivity contribution is 0.378. The van der Waals surface area contributed by atoms with E-state index < -0.39 is 0 Å². The van der Waals surface area contributed by atoms with Gasteiger partial charge in [0.15, 0.2) is 0 Å². The molecule has 0 aliphatic carbocycles. The van der Waals surface area contributed by atoms with E-state index in [1.54, 1.807) is 0 Å². The van der Waals surface area contributed by atoms with Crippen molar-refractivity contribution in [2.75, 3.05) is 12.8 Å². The number of nitrogens with one attached hydrogen (secondary N) is 1.